The highest BCUT2D eigenvalue weighted by Crippen LogP contribution is 2.30. The Morgan fingerprint density at radius 3 is 2.62 bits per heavy atom. The lowest BCUT2D eigenvalue weighted by atomic mass is 10.1. The Labute approximate surface area is 133 Å². The molecule has 2 aromatic carbocycles. The minimum Gasteiger partial charge on any atom is -0.286 e. The van der Waals surface area contributed by atoms with Gasteiger partial charge in [0.25, 0.3) is 0 Å². The van der Waals surface area contributed by atoms with Gasteiger partial charge in [0.2, 0.25) is 5.78 Å². The Bertz CT molecular complexity index is 801. The lowest BCUT2D eigenvalue weighted by Gasteiger charge is -2.00. The number of rotatable bonds is 3. The predicted octanol–water partition coefficient (Wildman–Crippen LogP) is 4.94. The van der Waals surface area contributed by atoms with Crippen LogP contribution in [0, 0.1) is 5.82 Å². The number of aromatic nitrogens is 1. The number of nitrogens with zero attached hydrogens (tertiary/aromatic N) is 1. The molecule has 0 N–H and O–H groups in total. The molecular weight excluding hydrogens is 353 g/mol. The molecule has 0 unspecified atom stereocenters. The second-order valence-corrected chi connectivity index (χ2v) is 6.07. The van der Waals surface area contributed by atoms with Crippen molar-refractivity contribution < 1.29 is 9.18 Å². The number of hydrogen-bond donors (Lipinski definition) is 0. The maximum Gasteiger partial charge on any atom is 0.221 e. The van der Waals surface area contributed by atoms with Gasteiger partial charge in [-0.2, -0.15) is 0 Å². The zero-order chi connectivity index (χ0) is 14.8. The van der Waals surface area contributed by atoms with Gasteiger partial charge in [-0.25, -0.2) is 9.37 Å². The number of halogens is 2. The lowest BCUT2D eigenvalue weighted by Crippen LogP contribution is -2.00. The van der Waals surface area contributed by atoms with Gasteiger partial charge in [-0.3, -0.25) is 4.79 Å². The monoisotopic (exact) mass is 361 g/mol. The summed E-state index contributed by atoms with van der Waals surface area (Å²) < 4.78 is 13.7. The number of carbonyl (C=O) groups excluding carboxylic acids is 1. The van der Waals surface area contributed by atoms with Crippen molar-refractivity contribution in [2.24, 2.45) is 0 Å². The van der Waals surface area contributed by atoms with E-state index in [9.17, 15) is 9.18 Å². The second-order valence-electron chi connectivity index (χ2n) is 4.36. The van der Waals surface area contributed by atoms with Crippen molar-refractivity contribution in [3.05, 3.63) is 74.8 Å². The molecule has 0 aliphatic rings. The Hall–Kier alpha value is -1.85. The summed E-state index contributed by atoms with van der Waals surface area (Å²) >= 11 is 4.60. The number of thiazole rings is 1. The van der Waals surface area contributed by atoms with Gasteiger partial charge in [0.1, 0.15) is 5.82 Å². The highest BCUT2D eigenvalue weighted by Gasteiger charge is 2.15. The molecule has 0 amide bonds. The van der Waals surface area contributed by atoms with Gasteiger partial charge >= 0.3 is 0 Å². The van der Waals surface area contributed by atoms with Crippen LogP contribution in [0.2, 0.25) is 0 Å². The first-order valence-electron chi connectivity index (χ1n) is 6.16. The fourth-order valence-corrected chi connectivity index (χ4v) is 3.24. The van der Waals surface area contributed by atoms with Gasteiger partial charge in [0, 0.05) is 21.0 Å². The van der Waals surface area contributed by atoms with Crippen LogP contribution in [0.4, 0.5) is 4.39 Å². The third-order valence-corrected chi connectivity index (χ3v) is 4.44. The molecule has 0 spiro atoms. The van der Waals surface area contributed by atoms with Crippen molar-refractivity contribution in [1.29, 1.82) is 0 Å². The molecule has 1 aromatic heterocycles. The Morgan fingerprint density at radius 1 is 1.14 bits per heavy atom. The molecule has 0 fully saturated rings. The fourth-order valence-electron chi connectivity index (χ4n) is 1.91. The first kappa shape index (κ1) is 14.1. The van der Waals surface area contributed by atoms with Gasteiger partial charge in [-0.05, 0) is 34.1 Å². The van der Waals surface area contributed by atoms with Gasteiger partial charge in [0.15, 0.2) is 5.01 Å². The molecule has 5 heteroatoms. The van der Waals surface area contributed by atoms with Gasteiger partial charge in [-0.15, -0.1) is 11.3 Å². The number of benzene rings is 2. The SMILES string of the molecule is O=C(c1ccccc1)c1nc(-c2ccc(F)cc2Br)cs1. The van der Waals surface area contributed by atoms with E-state index < -0.39 is 0 Å². The van der Waals surface area contributed by atoms with Gasteiger partial charge in [0.05, 0.1) is 5.69 Å². The van der Waals surface area contributed by atoms with Crippen molar-refractivity contribution in [3.63, 3.8) is 0 Å². The van der Waals surface area contributed by atoms with E-state index in [2.05, 4.69) is 20.9 Å². The summed E-state index contributed by atoms with van der Waals surface area (Å²) in [5, 5.41) is 2.22. The third kappa shape index (κ3) is 2.94. The van der Waals surface area contributed by atoms with Crippen molar-refractivity contribution in [2.45, 2.75) is 0 Å². The quantitative estimate of drug-likeness (QED) is 0.618. The van der Waals surface area contributed by atoms with E-state index in [0.717, 1.165) is 5.56 Å². The number of hydrogen-bond acceptors (Lipinski definition) is 3. The molecule has 0 bridgehead atoms. The first-order chi connectivity index (χ1) is 10.1. The summed E-state index contributed by atoms with van der Waals surface area (Å²) in [5.74, 6) is -0.425. The molecule has 0 aliphatic heterocycles. The van der Waals surface area contributed by atoms with Crippen LogP contribution >= 0.6 is 27.3 Å². The molecule has 0 saturated heterocycles. The maximum atomic E-state index is 13.1. The van der Waals surface area contributed by atoms with Crippen LogP contribution in [-0.4, -0.2) is 10.8 Å². The Balaban J connectivity index is 1.95. The average molecular weight is 362 g/mol. The van der Waals surface area contributed by atoms with Crippen molar-refractivity contribution in [3.8, 4) is 11.3 Å². The van der Waals surface area contributed by atoms with Crippen molar-refractivity contribution >= 4 is 33.0 Å². The van der Waals surface area contributed by atoms with Crippen LogP contribution < -0.4 is 0 Å². The molecule has 2 nitrogen and oxygen atoms in total. The van der Waals surface area contributed by atoms with Crippen molar-refractivity contribution in [1.82, 2.24) is 4.98 Å². The van der Waals surface area contributed by atoms with E-state index in [1.54, 1.807) is 23.6 Å². The first-order valence-corrected chi connectivity index (χ1v) is 7.83. The van der Waals surface area contributed by atoms with Crippen LogP contribution in [-0.2, 0) is 0 Å². The summed E-state index contributed by atoms with van der Waals surface area (Å²) in [7, 11) is 0. The summed E-state index contributed by atoms with van der Waals surface area (Å²) in [5.41, 5.74) is 2.03. The molecule has 21 heavy (non-hydrogen) atoms. The zero-order valence-electron chi connectivity index (χ0n) is 10.7. The van der Waals surface area contributed by atoms with Gasteiger partial charge in [-0.1, -0.05) is 30.3 Å². The standard InChI is InChI=1S/C16H9BrFNOS/c17-13-8-11(18)6-7-12(13)14-9-21-16(19-14)15(20)10-4-2-1-3-5-10/h1-9H. The van der Waals surface area contributed by atoms with Crippen LogP contribution in [0.3, 0.4) is 0 Å². The highest BCUT2D eigenvalue weighted by molar-refractivity contribution is 9.10. The predicted molar refractivity (Wildman–Crippen MR) is 85.1 cm³/mol. The van der Waals surface area contributed by atoms with Crippen LogP contribution in [0.1, 0.15) is 15.4 Å². The summed E-state index contributed by atoms with van der Waals surface area (Å²) in [6, 6.07) is 13.4. The molecular formula is C16H9BrFNOS. The molecule has 1 heterocycles. The number of carbonyl (C=O) groups is 1. The summed E-state index contributed by atoms with van der Waals surface area (Å²) in [6.07, 6.45) is 0. The largest absolute Gasteiger partial charge is 0.286 e. The molecule has 0 atom stereocenters. The second kappa shape index (κ2) is 5.87. The fraction of sp³-hybridized carbons (Fsp3) is 0. The number of ketones is 1. The molecule has 0 aliphatic carbocycles. The van der Waals surface area contributed by atoms with Crippen molar-refractivity contribution in [2.75, 3.05) is 0 Å². The van der Waals surface area contributed by atoms with Crippen LogP contribution in [0.5, 0.6) is 0 Å². The van der Waals surface area contributed by atoms with Crippen LogP contribution in [0.15, 0.2) is 58.4 Å². The van der Waals surface area contributed by atoms with E-state index in [0.29, 0.717) is 20.7 Å². The third-order valence-electron chi connectivity index (χ3n) is 2.94. The normalized spacial score (nSPS) is 10.6. The molecule has 3 aromatic rings. The van der Waals surface area contributed by atoms with Gasteiger partial charge < -0.3 is 0 Å². The van der Waals surface area contributed by atoms with E-state index in [1.165, 1.54) is 23.5 Å². The molecule has 0 saturated carbocycles. The Morgan fingerprint density at radius 2 is 1.90 bits per heavy atom. The molecule has 104 valence electrons. The summed E-state index contributed by atoms with van der Waals surface area (Å²) in [4.78, 5) is 16.7. The average Bonchev–Trinajstić information content (AvgIpc) is 2.97. The van der Waals surface area contributed by atoms with E-state index >= 15 is 0 Å². The van der Waals surface area contributed by atoms with E-state index in [4.69, 9.17) is 0 Å². The minimum absolute atomic E-state index is 0.106. The maximum absolute atomic E-state index is 13.1. The van der Waals surface area contributed by atoms with E-state index in [-0.39, 0.29) is 11.6 Å². The zero-order valence-corrected chi connectivity index (χ0v) is 13.1. The summed E-state index contributed by atoms with van der Waals surface area (Å²) in [6.45, 7) is 0. The van der Waals surface area contributed by atoms with Crippen LogP contribution in [0.25, 0.3) is 11.3 Å². The highest BCUT2D eigenvalue weighted by atomic mass is 79.9. The minimum atomic E-state index is -0.318. The Kier molecular flexibility index (Phi) is 3.94. The lowest BCUT2D eigenvalue weighted by molar-refractivity contribution is 0.103. The molecule has 0 radical (unpaired) electrons. The van der Waals surface area contributed by atoms with E-state index in [1.807, 2.05) is 18.2 Å². The topological polar surface area (TPSA) is 30.0 Å². The molecule has 3 rings (SSSR count). The smallest absolute Gasteiger partial charge is 0.221 e.